The van der Waals surface area contributed by atoms with E-state index in [0.717, 1.165) is 6.54 Å². The third-order valence-corrected chi connectivity index (χ3v) is 1.64. The number of piperidine rings is 1. The summed E-state index contributed by atoms with van der Waals surface area (Å²) in [5.74, 6) is 0. The van der Waals surface area contributed by atoms with Gasteiger partial charge in [-0.15, -0.1) is 6.04 Å². The molecule has 0 radical (unpaired) electrons. The molecule has 1 heterocycles. The largest absolute Gasteiger partial charge is 0.661 e. The minimum Gasteiger partial charge on any atom is -0.661 e. The van der Waals surface area contributed by atoms with Crippen molar-refractivity contribution in [2.24, 2.45) is 0 Å². The molecule has 0 amide bonds. The fourth-order valence-electron chi connectivity index (χ4n) is 1.05. The number of nitrogens with one attached hydrogen (secondary N) is 1. The highest BCUT2D eigenvalue weighted by Gasteiger charge is 2.01. The molecule has 0 saturated carbocycles. The zero-order chi connectivity index (χ0) is 5.82. The van der Waals surface area contributed by atoms with Crippen molar-refractivity contribution in [2.75, 3.05) is 20.1 Å². The maximum atomic E-state index is 4.19. The predicted octanol–water partition coefficient (Wildman–Crippen LogP) is 0.742. The van der Waals surface area contributed by atoms with Gasteiger partial charge in [0.1, 0.15) is 0 Å². The van der Waals surface area contributed by atoms with Gasteiger partial charge in [0, 0.05) is 0 Å². The van der Waals surface area contributed by atoms with E-state index in [9.17, 15) is 0 Å². The molecule has 1 N–H and O–H groups in total. The first-order valence-corrected chi connectivity index (χ1v) is 3.23. The first-order valence-electron chi connectivity index (χ1n) is 3.23. The van der Waals surface area contributed by atoms with Crippen molar-refractivity contribution in [2.45, 2.75) is 18.9 Å². The van der Waals surface area contributed by atoms with Crippen molar-refractivity contribution in [3.8, 4) is 0 Å². The topological polar surface area (TPSA) is 26.1 Å². The lowest BCUT2D eigenvalue weighted by Gasteiger charge is -2.31. The summed E-state index contributed by atoms with van der Waals surface area (Å²) in [4.78, 5) is 0. The molecule has 1 atom stereocenters. The number of hydrogen-bond donors (Lipinski definition) is 1. The first kappa shape index (κ1) is 6.05. The number of likely N-dealkylation sites (N-methyl/N-ethyl adjacent to an activating group) is 1. The standard InChI is InChI=1S/C6H13N2/c1-7-6-3-2-4-8-5-6/h6,8H,2-5H2,1H3/q-1. The third-order valence-electron chi connectivity index (χ3n) is 1.64. The van der Waals surface area contributed by atoms with E-state index in [4.69, 9.17) is 0 Å². The van der Waals surface area contributed by atoms with Gasteiger partial charge in [0.15, 0.2) is 0 Å². The van der Waals surface area contributed by atoms with Crippen LogP contribution in [0.25, 0.3) is 5.32 Å². The fraction of sp³-hybridized carbons (Fsp3) is 1.00. The lowest BCUT2D eigenvalue weighted by molar-refractivity contribution is 0.488. The van der Waals surface area contributed by atoms with Gasteiger partial charge in [-0.3, -0.25) is 0 Å². The van der Waals surface area contributed by atoms with E-state index in [1.807, 2.05) is 7.05 Å². The fourth-order valence-corrected chi connectivity index (χ4v) is 1.05. The molecule has 1 rings (SSSR count). The van der Waals surface area contributed by atoms with Gasteiger partial charge in [-0.1, -0.05) is 6.42 Å². The molecule has 1 unspecified atom stereocenters. The number of nitrogens with zero attached hydrogens (tertiary/aromatic N) is 1. The van der Waals surface area contributed by atoms with Gasteiger partial charge in [-0.25, -0.2) is 0 Å². The van der Waals surface area contributed by atoms with Gasteiger partial charge in [0.05, 0.1) is 0 Å². The van der Waals surface area contributed by atoms with Crippen molar-refractivity contribution in [3.05, 3.63) is 5.32 Å². The van der Waals surface area contributed by atoms with Gasteiger partial charge in [-0.05, 0) is 19.5 Å². The predicted molar refractivity (Wildman–Crippen MR) is 35.2 cm³/mol. The maximum Gasteiger partial charge on any atom is -0.00500 e. The molecule has 2 heteroatoms. The molecule has 2 nitrogen and oxygen atoms in total. The van der Waals surface area contributed by atoms with E-state index in [2.05, 4.69) is 10.6 Å². The van der Waals surface area contributed by atoms with Crippen LogP contribution in [0.15, 0.2) is 0 Å². The molecule has 1 aliphatic heterocycles. The Kier molecular flexibility index (Phi) is 2.30. The van der Waals surface area contributed by atoms with Crippen molar-refractivity contribution in [1.82, 2.24) is 5.32 Å². The van der Waals surface area contributed by atoms with Crippen molar-refractivity contribution < 1.29 is 0 Å². The molecule has 0 aromatic carbocycles. The molecule has 48 valence electrons. The van der Waals surface area contributed by atoms with Crippen LogP contribution >= 0.6 is 0 Å². The molecule has 1 saturated heterocycles. The third kappa shape index (κ3) is 1.46. The van der Waals surface area contributed by atoms with Crippen LogP contribution in [0, 0.1) is 0 Å². The summed E-state index contributed by atoms with van der Waals surface area (Å²) in [6, 6.07) is 0.601. The summed E-state index contributed by atoms with van der Waals surface area (Å²) >= 11 is 0. The Hall–Kier alpha value is -0.0800. The average molecular weight is 113 g/mol. The van der Waals surface area contributed by atoms with E-state index < -0.39 is 0 Å². The van der Waals surface area contributed by atoms with Crippen LogP contribution in [0.3, 0.4) is 0 Å². The van der Waals surface area contributed by atoms with Crippen LogP contribution in [0.1, 0.15) is 12.8 Å². The van der Waals surface area contributed by atoms with E-state index >= 15 is 0 Å². The van der Waals surface area contributed by atoms with Crippen molar-refractivity contribution in [1.29, 1.82) is 0 Å². The van der Waals surface area contributed by atoms with Gasteiger partial charge in [-0.2, -0.15) is 7.05 Å². The molecule has 1 fully saturated rings. The van der Waals surface area contributed by atoms with E-state index in [0.29, 0.717) is 6.04 Å². The molecular formula is C6H13N2-. The Bertz CT molecular complexity index is 57.5. The molecule has 0 spiro atoms. The smallest absolute Gasteiger partial charge is 0.00500 e. The Morgan fingerprint density at radius 3 is 2.88 bits per heavy atom. The van der Waals surface area contributed by atoms with Gasteiger partial charge < -0.3 is 10.6 Å². The van der Waals surface area contributed by atoms with Gasteiger partial charge in [0.25, 0.3) is 0 Å². The lowest BCUT2D eigenvalue weighted by atomic mass is 10.1. The summed E-state index contributed by atoms with van der Waals surface area (Å²) in [5, 5.41) is 7.48. The molecule has 0 aromatic rings. The molecule has 0 bridgehead atoms. The molecular weight excluding hydrogens is 100 g/mol. The monoisotopic (exact) mass is 113 g/mol. The molecule has 0 aliphatic carbocycles. The highest BCUT2D eigenvalue weighted by molar-refractivity contribution is 4.90. The second-order valence-corrected chi connectivity index (χ2v) is 2.26. The SMILES string of the molecule is C[N-]C1CCCNC1. The first-order chi connectivity index (χ1) is 3.93. The van der Waals surface area contributed by atoms with E-state index in [1.165, 1.54) is 19.4 Å². The Balaban J connectivity index is 2.13. The van der Waals surface area contributed by atoms with Crippen LogP contribution < -0.4 is 5.32 Å². The zero-order valence-corrected chi connectivity index (χ0v) is 5.35. The second kappa shape index (κ2) is 3.05. The lowest BCUT2D eigenvalue weighted by Crippen LogP contribution is -2.32. The Morgan fingerprint density at radius 1 is 1.62 bits per heavy atom. The molecule has 1 aliphatic rings. The maximum absolute atomic E-state index is 4.19. The number of hydrogen-bond acceptors (Lipinski definition) is 1. The minimum absolute atomic E-state index is 0.601. The zero-order valence-electron chi connectivity index (χ0n) is 5.35. The van der Waals surface area contributed by atoms with Gasteiger partial charge >= 0.3 is 0 Å². The number of rotatable bonds is 1. The summed E-state index contributed by atoms with van der Waals surface area (Å²) in [6.07, 6.45) is 2.57. The minimum atomic E-state index is 0.601. The van der Waals surface area contributed by atoms with Crippen LogP contribution in [0.4, 0.5) is 0 Å². The summed E-state index contributed by atoms with van der Waals surface area (Å²) < 4.78 is 0. The summed E-state index contributed by atoms with van der Waals surface area (Å²) in [6.45, 7) is 2.28. The quantitative estimate of drug-likeness (QED) is 0.533. The van der Waals surface area contributed by atoms with E-state index in [-0.39, 0.29) is 0 Å². The van der Waals surface area contributed by atoms with E-state index in [1.54, 1.807) is 0 Å². The van der Waals surface area contributed by atoms with Crippen LogP contribution in [0.5, 0.6) is 0 Å². The highest BCUT2D eigenvalue weighted by atomic mass is 15.0. The van der Waals surface area contributed by atoms with Crippen LogP contribution in [-0.2, 0) is 0 Å². The Morgan fingerprint density at radius 2 is 2.50 bits per heavy atom. The van der Waals surface area contributed by atoms with Crippen LogP contribution in [-0.4, -0.2) is 26.2 Å². The highest BCUT2D eigenvalue weighted by Crippen LogP contribution is 2.07. The second-order valence-electron chi connectivity index (χ2n) is 2.26. The van der Waals surface area contributed by atoms with Gasteiger partial charge in [0.2, 0.25) is 0 Å². The summed E-state index contributed by atoms with van der Waals surface area (Å²) in [7, 11) is 1.90. The van der Waals surface area contributed by atoms with Crippen molar-refractivity contribution in [3.63, 3.8) is 0 Å². The van der Waals surface area contributed by atoms with Crippen LogP contribution in [0.2, 0.25) is 0 Å². The molecule has 0 aromatic heterocycles. The molecule has 8 heavy (non-hydrogen) atoms. The summed E-state index contributed by atoms with van der Waals surface area (Å²) in [5.41, 5.74) is 0. The van der Waals surface area contributed by atoms with Crippen molar-refractivity contribution >= 4 is 0 Å². The normalized spacial score (nSPS) is 30.4. The Labute approximate surface area is 50.7 Å². The average Bonchev–Trinajstić information content (AvgIpc) is 1.90.